The van der Waals surface area contributed by atoms with Gasteiger partial charge in [0, 0.05) is 5.69 Å². The molecule has 1 amide bonds. The smallest absolute Gasteiger partial charge is 0.411 e. The molecule has 1 aromatic rings. The number of hydrogen-bond donors (Lipinski definition) is 1. The van der Waals surface area contributed by atoms with Gasteiger partial charge in [-0.1, -0.05) is 69.2 Å². The second-order valence-electron chi connectivity index (χ2n) is 11.5. The van der Waals surface area contributed by atoms with Crippen LogP contribution in [-0.4, -0.2) is 12.2 Å². The molecule has 0 bridgehead atoms. The number of ether oxygens (including phenoxy) is 1. The Balaban J connectivity index is 1.45. The van der Waals surface area contributed by atoms with Crippen molar-refractivity contribution in [2.45, 2.75) is 98.5 Å². The summed E-state index contributed by atoms with van der Waals surface area (Å²) in [5, 5.41) is 2.78. The number of allylic oxidation sites excluding steroid dienone is 3. The van der Waals surface area contributed by atoms with E-state index in [0.29, 0.717) is 16.7 Å². The Morgan fingerprint density at radius 2 is 1.97 bits per heavy atom. The van der Waals surface area contributed by atoms with E-state index < -0.39 is 0 Å². The van der Waals surface area contributed by atoms with Crippen LogP contribution in [0.25, 0.3) is 0 Å². The molecule has 1 aromatic carbocycles. The summed E-state index contributed by atoms with van der Waals surface area (Å²) in [5.41, 5.74) is 4.56. The number of carbonyl (C=O) groups excluding carboxylic acids is 1. The molecule has 3 rings (SSSR count). The Morgan fingerprint density at radius 3 is 2.70 bits per heavy atom. The van der Waals surface area contributed by atoms with E-state index in [0.717, 1.165) is 30.9 Å². The van der Waals surface area contributed by atoms with Gasteiger partial charge in [-0.25, -0.2) is 4.79 Å². The van der Waals surface area contributed by atoms with Gasteiger partial charge in [-0.15, -0.1) is 0 Å². The van der Waals surface area contributed by atoms with Gasteiger partial charge in [-0.2, -0.15) is 0 Å². The summed E-state index contributed by atoms with van der Waals surface area (Å²) in [5.74, 6) is 1.46. The fourth-order valence-corrected chi connectivity index (χ4v) is 6.76. The Hall–Kier alpha value is -2.03. The van der Waals surface area contributed by atoms with Crippen molar-refractivity contribution in [1.82, 2.24) is 0 Å². The number of benzene rings is 1. The number of rotatable bonds is 8. The quantitative estimate of drug-likeness (QED) is 0.401. The molecule has 2 aliphatic carbocycles. The number of para-hydroxylation sites is 1. The molecule has 1 N–H and O–H groups in total. The van der Waals surface area contributed by atoms with Gasteiger partial charge in [-0.05, 0) is 100 Å². The highest BCUT2D eigenvalue weighted by Gasteiger charge is 2.52. The van der Waals surface area contributed by atoms with E-state index >= 15 is 0 Å². The van der Waals surface area contributed by atoms with Gasteiger partial charge < -0.3 is 4.74 Å². The summed E-state index contributed by atoms with van der Waals surface area (Å²) in [6.45, 7) is 16.3. The maximum Gasteiger partial charge on any atom is 0.411 e. The number of anilines is 1. The minimum absolute atomic E-state index is 0.111. The van der Waals surface area contributed by atoms with Gasteiger partial charge in [0.25, 0.3) is 0 Å². The third-order valence-corrected chi connectivity index (χ3v) is 8.54. The second-order valence-corrected chi connectivity index (χ2v) is 11.5. The van der Waals surface area contributed by atoms with Crippen LogP contribution in [0.3, 0.4) is 0 Å². The molecule has 2 fully saturated rings. The molecule has 0 radical (unpaired) electrons. The molecular formula is C30H45NO2. The lowest BCUT2D eigenvalue weighted by Gasteiger charge is -2.58. The highest BCUT2D eigenvalue weighted by atomic mass is 16.6. The number of amides is 1. The highest BCUT2D eigenvalue weighted by Crippen LogP contribution is 2.61. The van der Waals surface area contributed by atoms with Crippen molar-refractivity contribution < 1.29 is 9.53 Å². The first kappa shape index (κ1) is 25.6. The maximum absolute atomic E-state index is 12.1. The molecule has 182 valence electrons. The van der Waals surface area contributed by atoms with Crippen molar-refractivity contribution in [3.8, 4) is 0 Å². The van der Waals surface area contributed by atoms with Gasteiger partial charge in [0.2, 0.25) is 0 Å². The van der Waals surface area contributed by atoms with Crippen molar-refractivity contribution in [2.75, 3.05) is 5.32 Å². The van der Waals surface area contributed by atoms with Crippen molar-refractivity contribution in [2.24, 2.45) is 22.7 Å². The Bertz CT molecular complexity index is 840. The number of nitrogens with one attached hydrogen (secondary N) is 1. The molecule has 0 spiro atoms. The van der Waals surface area contributed by atoms with E-state index in [9.17, 15) is 4.79 Å². The molecule has 33 heavy (non-hydrogen) atoms. The zero-order valence-corrected chi connectivity index (χ0v) is 21.6. The SMILES string of the molecule is C=C1CC[C@@H]2C(C)(C)CCC[C@]2(C)[C@@H]1CC/C(C)=C/CC[C@H](C)OC(=O)Nc1ccccc1. The molecule has 2 aliphatic rings. The predicted molar refractivity (Wildman–Crippen MR) is 139 cm³/mol. The topological polar surface area (TPSA) is 38.3 Å². The fraction of sp³-hybridized carbons (Fsp3) is 0.633. The highest BCUT2D eigenvalue weighted by molar-refractivity contribution is 5.84. The van der Waals surface area contributed by atoms with Crippen LogP contribution in [0.2, 0.25) is 0 Å². The molecule has 0 saturated heterocycles. The molecule has 0 aromatic heterocycles. The number of hydrogen-bond acceptors (Lipinski definition) is 2. The minimum Gasteiger partial charge on any atom is -0.446 e. The van der Waals surface area contributed by atoms with E-state index in [1.807, 2.05) is 37.3 Å². The van der Waals surface area contributed by atoms with Crippen molar-refractivity contribution in [3.05, 3.63) is 54.1 Å². The molecule has 0 heterocycles. The molecule has 3 heteroatoms. The first-order valence-corrected chi connectivity index (χ1v) is 13.0. The lowest BCUT2D eigenvalue weighted by Crippen LogP contribution is -2.49. The second kappa shape index (κ2) is 10.9. The van der Waals surface area contributed by atoms with Gasteiger partial charge in [0.1, 0.15) is 6.10 Å². The number of carbonyl (C=O) groups is 1. The maximum atomic E-state index is 12.1. The summed E-state index contributed by atoms with van der Waals surface area (Å²) in [6, 6.07) is 9.42. The van der Waals surface area contributed by atoms with Crippen LogP contribution in [0.4, 0.5) is 10.5 Å². The van der Waals surface area contributed by atoms with Crippen LogP contribution in [0.1, 0.15) is 92.4 Å². The summed E-state index contributed by atoms with van der Waals surface area (Å²) in [4.78, 5) is 12.1. The average molecular weight is 452 g/mol. The van der Waals surface area contributed by atoms with Gasteiger partial charge in [-0.3, -0.25) is 5.32 Å². The average Bonchev–Trinajstić information content (AvgIpc) is 2.73. The Labute approximate surface area is 202 Å². The summed E-state index contributed by atoms with van der Waals surface area (Å²) in [6.07, 6.45) is 12.6. The van der Waals surface area contributed by atoms with Crippen molar-refractivity contribution in [1.29, 1.82) is 0 Å². The van der Waals surface area contributed by atoms with Gasteiger partial charge in [0.15, 0.2) is 0 Å². The van der Waals surface area contributed by atoms with Crippen molar-refractivity contribution >= 4 is 11.8 Å². The molecule has 0 aliphatic heterocycles. The lowest BCUT2D eigenvalue weighted by atomic mass is 9.47. The van der Waals surface area contributed by atoms with E-state index in [1.54, 1.807) is 0 Å². The Morgan fingerprint density at radius 1 is 1.24 bits per heavy atom. The van der Waals surface area contributed by atoms with Crippen molar-refractivity contribution in [3.63, 3.8) is 0 Å². The number of fused-ring (bicyclic) bond motifs is 1. The third-order valence-electron chi connectivity index (χ3n) is 8.54. The summed E-state index contributed by atoms with van der Waals surface area (Å²) < 4.78 is 5.51. The predicted octanol–water partition coefficient (Wildman–Crippen LogP) is 8.93. The zero-order chi connectivity index (χ0) is 24.1. The van der Waals surface area contributed by atoms with E-state index in [2.05, 4.69) is 45.7 Å². The lowest BCUT2D eigenvalue weighted by molar-refractivity contribution is -0.0539. The molecule has 3 nitrogen and oxygen atoms in total. The third kappa shape index (κ3) is 6.52. The zero-order valence-electron chi connectivity index (χ0n) is 21.6. The molecular weight excluding hydrogens is 406 g/mol. The van der Waals surface area contributed by atoms with Crippen LogP contribution in [0.15, 0.2) is 54.1 Å². The molecule has 4 atom stereocenters. The van der Waals surface area contributed by atoms with Crippen LogP contribution >= 0.6 is 0 Å². The first-order chi connectivity index (χ1) is 15.6. The Kier molecular flexibility index (Phi) is 8.48. The standard InChI is InChI=1S/C30H45NO2/c1-22(12-10-13-24(3)33-28(32)31-25-14-8-7-9-15-25)16-18-26-23(2)17-19-27-29(4,5)20-11-21-30(26,27)6/h7-9,12,14-15,24,26-27H,2,10-11,13,16-21H2,1,3-6H3,(H,31,32)/b22-12+/t24-,26+,27+,30+/m0/s1. The van der Waals surface area contributed by atoms with Gasteiger partial charge in [0.05, 0.1) is 0 Å². The van der Waals surface area contributed by atoms with E-state index in [1.165, 1.54) is 49.7 Å². The summed E-state index contributed by atoms with van der Waals surface area (Å²) >= 11 is 0. The van der Waals surface area contributed by atoms with E-state index in [4.69, 9.17) is 4.74 Å². The summed E-state index contributed by atoms with van der Waals surface area (Å²) in [7, 11) is 0. The first-order valence-electron chi connectivity index (χ1n) is 13.0. The molecule has 0 unspecified atom stereocenters. The fourth-order valence-electron chi connectivity index (χ4n) is 6.76. The molecule has 2 saturated carbocycles. The van der Waals surface area contributed by atoms with E-state index in [-0.39, 0.29) is 12.2 Å². The van der Waals surface area contributed by atoms with Crippen LogP contribution in [0.5, 0.6) is 0 Å². The van der Waals surface area contributed by atoms with Crippen LogP contribution < -0.4 is 5.32 Å². The largest absolute Gasteiger partial charge is 0.446 e. The van der Waals surface area contributed by atoms with Crippen LogP contribution in [-0.2, 0) is 4.74 Å². The van der Waals surface area contributed by atoms with Gasteiger partial charge >= 0.3 is 6.09 Å². The van der Waals surface area contributed by atoms with Crippen LogP contribution in [0, 0.1) is 22.7 Å². The minimum atomic E-state index is -0.386. The normalized spacial score (nSPS) is 28.0. The monoisotopic (exact) mass is 451 g/mol.